The van der Waals surface area contributed by atoms with Gasteiger partial charge in [0.15, 0.2) is 0 Å². The smallest absolute Gasteiger partial charge is 0.280 e. The molecule has 0 fully saturated rings. The largest absolute Gasteiger partial charge is 0.550 e. The van der Waals surface area contributed by atoms with Gasteiger partial charge in [-0.3, -0.25) is 20.4 Å². The highest BCUT2D eigenvalue weighted by molar-refractivity contribution is 7.12. The van der Waals surface area contributed by atoms with Crippen molar-refractivity contribution in [3.8, 4) is 0 Å². The average molecular weight is 307 g/mol. The number of rotatable bonds is 3. The standard InChI is InChI=1S/C14H16N2O4S/c1-8-6-7-21-11(8)13(18)16-15-12(17)9-4-2-3-5-10(9)14(19)20/h2-3,6-7,9-10H,4-5H2,1H3,(H,15,17)(H,16,18)(H,19,20)/p-1. The number of nitrogens with one attached hydrogen (secondary N) is 2. The Balaban J connectivity index is 1.95. The van der Waals surface area contributed by atoms with E-state index in [1.165, 1.54) is 11.3 Å². The summed E-state index contributed by atoms with van der Waals surface area (Å²) in [7, 11) is 0. The monoisotopic (exact) mass is 307 g/mol. The van der Waals surface area contributed by atoms with Gasteiger partial charge in [0.1, 0.15) is 0 Å². The molecule has 112 valence electrons. The van der Waals surface area contributed by atoms with Crippen LogP contribution in [0.15, 0.2) is 23.6 Å². The third-order valence-electron chi connectivity index (χ3n) is 3.44. The normalized spacial score (nSPS) is 20.8. The lowest BCUT2D eigenvalue weighted by atomic mass is 9.82. The van der Waals surface area contributed by atoms with Gasteiger partial charge in [-0.05, 0) is 36.8 Å². The molecule has 2 unspecified atom stereocenters. The van der Waals surface area contributed by atoms with Gasteiger partial charge in [0.25, 0.3) is 5.91 Å². The number of carboxylic acid groups (broad SMARTS) is 1. The molecular formula is C14H15N2O4S-. The van der Waals surface area contributed by atoms with Crippen LogP contribution in [-0.2, 0) is 9.59 Å². The number of aryl methyl sites for hydroxylation is 1. The van der Waals surface area contributed by atoms with Crippen molar-refractivity contribution in [2.45, 2.75) is 19.8 Å². The highest BCUT2D eigenvalue weighted by Gasteiger charge is 2.30. The van der Waals surface area contributed by atoms with Gasteiger partial charge in [-0.2, -0.15) is 0 Å². The van der Waals surface area contributed by atoms with Crippen LogP contribution in [0.5, 0.6) is 0 Å². The maximum atomic E-state index is 12.0. The molecule has 0 radical (unpaired) electrons. The highest BCUT2D eigenvalue weighted by atomic mass is 32.1. The first-order valence-electron chi connectivity index (χ1n) is 6.51. The van der Waals surface area contributed by atoms with E-state index in [4.69, 9.17) is 0 Å². The van der Waals surface area contributed by atoms with Crippen molar-refractivity contribution < 1.29 is 19.5 Å². The van der Waals surface area contributed by atoms with Crippen LogP contribution in [0.1, 0.15) is 28.1 Å². The first kappa shape index (κ1) is 15.2. The average Bonchev–Trinajstić information content (AvgIpc) is 2.90. The summed E-state index contributed by atoms with van der Waals surface area (Å²) in [4.78, 5) is 35.4. The molecule has 0 saturated heterocycles. The molecule has 2 rings (SSSR count). The van der Waals surface area contributed by atoms with E-state index in [0.29, 0.717) is 11.3 Å². The zero-order valence-electron chi connectivity index (χ0n) is 11.4. The number of aliphatic carboxylic acids is 1. The Morgan fingerprint density at radius 1 is 1.19 bits per heavy atom. The number of carbonyl (C=O) groups excluding carboxylic acids is 3. The van der Waals surface area contributed by atoms with Crippen molar-refractivity contribution in [1.29, 1.82) is 0 Å². The second kappa shape index (κ2) is 6.53. The maximum absolute atomic E-state index is 12.0. The lowest BCUT2D eigenvalue weighted by molar-refractivity contribution is -0.313. The fourth-order valence-corrected chi connectivity index (χ4v) is 3.06. The van der Waals surface area contributed by atoms with Crippen LogP contribution in [-0.4, -0.2) is 17.8 Å². The van der Waals surface area contributed by atoms with E-state index >= 15 is 0 Å². The van der Waals surface area contributed by atoms with E-state index in [9.17, 15) is 19.5 Å². The van der Waals surface area contributed by atoms with E-state index in [1.54, 1.807) is 30.5 Å². The topological polar surface area (TPSA) is 98.3 Å². The van der Waals surface area contributed by atoms with Crippen LogP contribution in [0.4, 0.5) is 0 Å². The van der Waals surface area contributed by atoms with Gasteiger partial charge in [-0.15, -0.1) is 11.3 Å². The molecule has 1 aromatic heterocycles. The SMILES string of the molecule is Cc1ccsc1C(=O)NNC(=O)C1CC=CCC1C(=O)[O-]. The summed E-state index contributed by atoms with van der Waals surface area (Å²) in [6, 6.07) is 1.81. The molecule has 2 N–H and O–H groups in total. The van der Waals surface area contributed by atoms with Crippen molar-refractivity contribution in [1.82, 2.24) is 10.9 Å². The Bertz CT molecular complexity index is 594. The van der Waals surface area contributed by atoms with Crippen molar-refractivity contribution in [2.75, 3.05) is 0 Å². The summed E-state index contributed by atoms with van der Waals surface area (Å²) in [5, 5.41) is 12.8. The zero-order valence-corrected chi connectivity index (χ0v) is 12.2. The molecule has 0 aliphatic heterocycles. The van der Waals surface area contributed by atoms with Gasteiger partial charge < -0.3 is 9.90 Å². The highest BCUT2D eigenvalue weighted by Crippen LogP contribution is 2.25. The molecule has 1 aromatic rings. The number of allylic oxidation sites excluding steroid dienone is 2. The Kier molecular flexibility index (Phi) is 4.74. The third kappa shape index (κ3) is 3.49. The van der Waals surface area contributed by atoms with Gasteiger partial charge in [0.2, 0.25) is 5.91 Å². The predicted molar refractivity (Wildman–Crippen MR) is 75.0 cm³/mol. The molecule has 0 saturated carbocycles. The van der Waals surface area contributed by atoms with Gasteiger partial charge in [-0.25, -0.2) is 0 Å². The van der Waals surface area contributed by atoms with Crippen LogP contribution in [0.25, 0.3) is 0 Å². The molecule has 0 aromatic carbocycles. The maximum Gasteiger partial charge on any atom is 0.280 e. The molecule has 1 heterocycles. The van der Waals surface area contributed by atoms with Crippen molar-refractivity contribution in [3.05, 3.63) is 34.0 Å². The fraction of sp³-hybridized carbons (Fsp3) is 0.357. The number of hydrogen-bond donors (Lipinski definition) is 2. The van der Waals surface area contributed by atoms with Crippen LogP contribution in [0.3, 0.4) is 0 Å². The van der Waals surface area contributed by atoms with Crippen LogP contribution < -0.4 is 16.0 Å². The predicted octanol–water partition coefficient (Wildman–Crippen LogP) is 0.150. The summed E-state index contributed by atoms with van der Waals surface area (Å²) in [5.41, 5.74) is 5.43. The Morgan fingerprint density at radius 2 is 1.86 bits per heavy atom. The molecule has 6 nitrogen and oxygen atoms in total. The Morgan fingerprint density at radius 3 is 2.43 bits per heavy atom. The summed E-state index contributed by atoms with van der Waals surface area (Å²) in [6.07, 6.45) is 4.06. The van der Waals surface area contributed by atoms with E-state index in [1.807, 2.05) is 0 Å². The molecule has 0 bridgehead atoms. The number of amides is 2. The molecular weight excluding hydrogens is 292 g/mol. The van der Waals surface area contributed by atoms with Gasteiger partial charge in [-0.1, -0.05) is 12.2 Å². The van der Waals surface area contributed by atoms with E-state index < -0.39 is 29.6 Å². The summed E-state index contributed by atoms with van der Waals surface area (Å²) in [5.74, 6) is -3.77. The van der Waals surface area contributed by atoms with E-state index in [2.05, 4.69) is 10.9 Å². The van der Waals surface area contributed by atoms with E-state index in [-0.39, 0.29) is 6.42 Å². The Hall–Kier alpha value is -2.15. The molecule has 21 heavy (non-hydrogen) atoms. The van der Waals surface area contributed by atoms with Crippen molar-refractivity contribution >= 4 is 29.1 Å². The zero-order chi connectivity index (χ0) is 15.4. The quantitative estimate of drug-likeness (QED) is 0.613. The summed E-state index contributed by atoms with van der Waals surface area (Å²) < 4.78 is 0. The van der Waals surface area contributed by atoms with Gasteiger partial charge >= 0.3 is 0 Å². The first-order valence-corrected chi connectivity index (χ1v) is 7.38. The molecule has 0 spiro atoms. The van der Waals surface area contributed by atoms with Gasteiger partial charge in [0.05, 0.1) is 10.8 Å². The molecule has 7 heteroatoms. The summed E-state index contributed by atoms with van der Waals surface area (Å²) >= 11 is 1.27. The Labute approximate surface area is 125 Å². The van der Waals surface area contributed by atoms with E-state index in [0.717, 1.165) is 5.56 Å². The molecule has 1 aliphatic rings. The minimum Gasteiger partial charge on any atom is -0.550 e. The lowest BCUT2D eigenvalue weighted by Gasteiger charge is -2.28. The first-order chi connectivity index (χ1) is 10.0. The number of hydrogen-bond acceptors (Lipinski definition) is 5. The molecule has 2 amide bonds. The minimum atomic E-state index is -1.25. The van der Waals surface area contributed by atoms with Crippen LogP contribution >= 0.6 is 11.3 Å². The third-order valence-corrected chi connectivity index (χ3v) is 4.45. The number of hydrazine groups is 1. The number of thiophene rings is 1. The van der Waals surface area contributed by atoms with Gasteiger partial charge in [0, 0.05) is 11.9 Å². The summed E-state index contributed by atoms with van der Waals surface area (Å²) in [6.45, 7) is 1.80. The van der Waals surface area contributed by atoms with Crippen molar-refractivity contribution in [3.63, 3.8) is 0 Å². The fourth-order valence-electron chi connectivity index (χ4n) is 2.24. The van der Waals surface area contributed by atoms with Crippen LogP contribution in [0, 0.1) is 18.8 Å². The van der Waals surface area contributed by atoms with Crippen molar-refractivity contribution in [2.24, 2.45) is 11.8 Å². The number of carbonyl (C=O) groups is 3. The minimum absolute atomic E-state index is 0.262. The van der Waals surface area contributed by atoms with Crippen LogP contribution in [0.2, 0.25) is 0 Å². The number of carboxylic acids is 1. The molecule has 1 aliphatic carbocycles. The second-order valence-electron chi connectivity index (χ2n) is 4.85. The molecule has 2 atom stereocenters. The lowest BCUT2D eigenvalue weighted by Crippen LogP contribution is -2.49. The second-order valence-corrected chi connectivity index (χ2v) is 5.77.